The molecule has 0 aliphatic carbocycles. The van der Waals surface area contributed by atoms with Gasteiger partial charge in [0.25, 0.3) is 0 Å². The first-order chi connectivity index (χ1) is 14.2. The second-order valence-electron chi connectivity index (χ2n) is 8.39. The highest BCUT2D eigenvalue weighted by Crippen LogP contribution is 2.26. The smallest absolute Gasteiger partial charge is 0.225 e. The van der Waals surface area contributed by atoms with Crippen molar-refractivity contribution in [3.63, 3.8) is 0 Å². The summed E-state index contributed by atoms with van der Waals surface area (Å²) in [5.74, 6) is 1.98. The maximum Gasteiger partial charge on any atom is 0.225 e. The van der Waals surface area contributed by atoms with E-state index in [2.05, 4.69) is 46.0 Å². The lowest BCUT2D eigenvalue weighted by molar-refractivity contribution is -0.135. The molecule has 0 spiro atoms. The number of rotatable bonds is 6. The van der Waals surface area contributed by atoms with E-state index in [1.54, 1.807) is 0 Å². The molecule has 2 aliphatic rings. The summed E-state index contributed by atoms with van der Waals surface area (Å²) in [5, 5.41) is 0. The van der Waals surface area contributed by atoms with Gasteiger partial charge in [0.15, 0.2) is 0 Å². The van der Waals surface area contributed by atoms with Crippen LogP contribution in [-0.2, 0) is 16.1 Å². The number of carbonyl (C=O) groups is 1. The molecule has 4 rings (SSSR count). The van der Waals surface area contributed by atoms with Gasteiger partial charge in [0.2, 0.25) is 5.91 Å². The van der Waals surface area contributed by atoms with Gasteiger partial charge in [-0.2, -0.15) is 0 Å². The van der Waals surface area contributed by atoms with Crippen LogP contribution in [0.3, 0.4) is 0 Å². The Hall–Kier alpha value is -2.40. The maximum atomic E-state index is 13.0. The van der Waals surface area contributed by atoms with Crippen LogP contribution in [0.4, 0.5) is 5.82 Å². The molecule has 0 radical (unpaired) electrons. The normalized spacial score (nSPS) is 20.2. The number of benzene rings is 1. The molecule has 1 amide bonds. The first-order valence-corrected chi connectivity index (χ1v) is 10.8. The predicted octanol–water partition coefficient (Wildman–Crippen LogP) is 3.67. The van der Waals surface area contributed by atoms with Crippen molar-refractivity contribution in [1.29, 1.82) is 0 Å². The van der Waals surface area contributed by atoms with E-state index in [1.165, 1.54) is 11.1 Å². The molecule has 154 valence electrons. The zero-order valence-electron chi connectivity index (χ0n) is 17.3. The molecule has 2 aliphatic heterocycles. The predicted molar refractivity (Wildman–Crippen MR) is 115 cm³/mol. The molecule has 0 N–H and O–H groups in total. The highest BCUT2D eigenvalue weighted by molar-refractivity contribution is 5.79. The average molecular weight is 394 g/mol. The number of hydrogen-bond donors (Lipinski definition) is 0. The van der Waals surface area contributed by atoms with E-state index in [0.29, 0.717) is 18.4 Å². The van der Waals surface area contributed by atoms with Crippen LogP contribution < -0.4 is 4.90 Å². The Morgan fingerprint density at radius 3 is 2.59 bits per heavy atom. The van der Waals surface area contributed by atoms with Crippen LogP contribution in [-0.4, -0.2) is 48.6 Å². The van der Waals surface area contributed by atoms with Crippen LogP contribution >= 0.6 is 0 Å². The zero-order chi connectivity index (χ0) is 20.1. The highest BCUT2D eigenvalue weighted by atomic mass is 16.5. The molecule has 1 unspecified atom stereocenters. The largest absolute Gasteiger partial charge is 0.376 e. The van der Waals surface area contributed by atoms with E-state index < -0.39 is 0 Å². The molecular weight excluding hydrogens is 362 g/mol. The molecule has 29 heavy (non-hydrogen) atoms. The zero-order valence-corrected chi connectivity index (χ0v) is 17.3. The molecular formula is C24H31N3O2. The highest BCUT2D eigenvalue weighted by Gasteiger charge is 2.33. The Kier molecular flexibility index (Phi) is 6.45. The van der Waals surface area contributed by atoms with Crippen molar-refractivity contribution in [2.45, 2.75) is 32.8 Å². The second-order valence-corrected chi connectivity index (χ2v) is 8.39. The van der Waals surface area contributed by atoms with E-state index in [9.17, 15) is 4.79 Å². The lowest BCUT2D eigenvalue weighted by atomic mass is 9.95. The van der Waals surface area contributed by atoms with Gasteiger partial charge < -0.3 is 14.5 Å². The summed E-state index contributed by atoms with van der Waals surface area (Å²) in [6, 6.07) is 14.4. The fraction of sp³-hybridized carbons (Fsp3) is 0.500. The Bertz CT molecular complexity index is 786. The number of aryl methyl sites for hydroxylation is 1. The molecule has 5 heteroatoms. The van der Waals surface area contributed by atoms with Gasteiger partial charge in [0.1, 0.15) is 5.82 Å². The number of piperidine rings is 1. The van der Waals surface area contributed by atoms with Gasteiger partial charge in [0.05, 0.1) is 13.2 Å². The van der Waals surface area contributed by atoms with Crippen LogP contribution in [0.15, 0.2) is 48.7 Å². The standard InChI is InChI=1S/C24H31N3O2/c1-19-7-8-23(25-15-19)26-13-10-22(11-14-26)24(28)27-12-9-21(16-27)18-29-17-20-5-3-2-4-6-20/h2-8,15,21-22H,9-14,16-18H2,1H3. The van der Waals surface area contributed by atoms with Gasteiger partial charge in [-0.25, -0.2) is 4.98 Å². The number of amides is 1. The summed E-state index contributed by atoms with van der Waals surface area (Å²) >= 11 is 0. The van der Waals surface area contributed by atoms with Crippen LogP contribution in [0.25, 0.3) is 0 Å². The number of anilines is 1. The van der Waals surface area contributed by atoms with Gasteiger partial charge in [-0.3, -0.25) is 4.79 Å². The number of pyridine rings is 1. The van der Waals surface area contributed by atoms with Gasteiger partial charge in [0, 0.05) is 44.2 Å². The van der Waals surface area contributed by atoms with Crippen LogP contribution in [0.1, 0.15) is 30.4 Å². The summed E-state index contributed by atoms with van der Waals surface area (Å²) in [4.78, 5) is 21.9. The second kappa shape index (κ2) is 9.40. The average Bonchev–Trinajstić information content (AvgIpc) is 3.24. The lowest BCUT2D eigenvalue weighted by Crippen LogP contribution is -2.42. The number of carbonyl (C=O) groups excluding carboxylic acids is 1. The van der Waals surface area contributed by atoms with Gasteiger partial charge >= 0.3 is 0 Å². The quantitative estimate of drug-likeness (QED) is 0.751. The van der Waals surface area contributed by atoms with Crippen molar-refractivity contribution >= 4 is 11.7 Å². The number of aromatic nitrogens is 1. The minimum atomic E-state index is 0.153. The fourth-order valence-electron chi connectivity index (χ4n) is 4.35. The van der Waals surface area contributed by atoms with Crippen molar-refractivity contribution in [1.82, 2.24) is 9.88 Å². The molecule has 1 aromatic carbocycles. The molecule has 1 atom stereocenters. The van der Waals surface area contributed by atoms with E-state index in [0.717, 1.165) is 57.9 Å². The Balaban J connectivity index is 1.20. The summed E-state index contributed by atoms with van der Waals surface area (Å²) < 4.78 is 5.90. The SMILES string of the molecule is Cc1ccc(N2CCC(C(=O)N3CCC(COCc4ccccc4)C3)CC2)nc1. The molecule has 2 fully saturated rings. The van der Waals surface area contributed by atoms with E-state index >= 15 is 0 Å². The van der Waals surface area contributed by atoms with Crippen LogP contribution in [0.2, 0.25) is 0 Å². The molecule has 0 saturated carbocycles. The van der Waals surface area contributed by atoms with Crippen molar-refractivity contribution < 1.29 is 9.53 Å². The summed E-state index contributed by atoms with van der Waals surface area (Å²) in [6.07, 6.45) is 4.80. The number of ether oxygens (including phenoxy) is 1. The Morgan fingerprint density at radius 1 is 1.07 bits per heavy atom. The van der Waals surface area contributed by atoms with Crippen LogP contribution in [0.5, 0.6) is 0 Å². The molecule has 3 heterocycles. The van der Waals surface area contributed by atoms with E-state index in [-0.39, 0.29) is 5.92 Å². The summed E-state index contributed by atoms with van der Waals surface area (Å²) in [6.45, 7) is 6.96. The third kappa shape index (κ3) is 5.15. The molecule has 2 aromatic rings. The lowest BCUT2D eigenvalue weighted by Gasteiger charge is -2.34. The minimum absolute atomic E-state index is 0.153. The number of likely N-dealkylation sites (tertiary alicyclic amines) is 1. The monoisotopic (exact) mass is 393 g/mol. The first kappa shape index (κ1) is 19.9. The van der Waals surface area contributed by atoms with E-state index in [1.807, 2.05) is 24.4 Å². The maximum absolute atomic E-state index is 13.0. The number of nitrogens with zero attached hydrogens (tertiary/aromatic N) is 3. The summed E-state index contributed by atoms with van der Waals surface area (Å²) in [7, 11) is 0. The van der Waals surface area contributed by atoms with Crippen molar-refractivity contribution in [3.8, 4) is 0 Å². The van der Waals surface area contributed by atoms with Gasteiger partial charge in [-0.05, 0) is 43.4 Å². The third-order valence-electron chi connectivity index (χ3n) is 6.13. The minimum Gasteiger partial charge on any atom is -0.376 e. The number of hydrogen-bond acceptors (Lipinski definition) is 4. The fourth-order valence-corrected chi connectivity index (χ4v) is 4.35. The van der Waals surface area contributed by atoms with Gasteiger partial charge in [-0.15, -0.1) is 0 Å². The molecule has 0 bridgehead atoms. The Morgan fingerprint density at radius 2 is 1.86 bits per heavy atom. The van der Waals surface area contributed by atoms with Crippen LogP contribution in [0, 0.1) is 18.8 Å². The van der Waals surface area contributed by atoms with Gasteiger partial charge in [-0.1, -0.05) is 36.4 Å². The van der Waals surface area contributed by atoms with Crippen molar-refractivity contribution in [2.24, 2.45) is 11.8 Å². The van der Waals surface area contributed by atoms with Crippen molar-refractivity contribution in [3.05, 3.63) is 59.8 Å². The third-order valence-corrected chi connectivity index (χ3v) is 6.13. The topological polar surface area (TPSA) is 45.7 Å². The molecule has 1 aromatic heterocycles. The molecule has 5 nitrogen and oxygen atoms in total. The van der Waals surface area contributed by atoms with E-state index in [4.69, 9.17) is 4.74 Å². The summed E-state index contributed by atoms with van der Waals surface area (Å²) in [5.41, 5.74) is 2.38. The Labute approximate surface area is 173 Å². The molecule has 2 saturated heterocycles. The first-order valence-electron chi connectivity index (χ1n) is 10.8. The van der Waals surface area contributed by atoms with Crippen molar-refractivity contribution in [2.75, 3.05) is 37.7 Å².